The Hall–Kier alpha value is -0.0900. The van der Waals surface area contributed by atoms with Gasteiger partial charge >= 0.3 is 0 Å². The van der Waals surface area contributed by atoms with E-state index in [0.717, 1.165) is 19.3 Å². The van der Waals surface area contributed by atoms with Crippen LogP contribution < -0.4 is 0 Å². The molecule has 2 atom stereocenters. The Balaban J connectivity index is 1.92. The van der Waals surface area contributed by atoms with Crippen LogP contribution in [0, 0.1) is 5.41 Å². The van der Waals surface area contributed by atoms with Gasteiger partial charge in [-0.2, -0.15) is 4.31 Å². The summed E-state index contributed by atoms with van der Waals surface area (Å²) in [5.41, 5.74) is 0.109. The number of piperidine rings is 1. The summed E-state index contributed by atoms with van der Waals surface area (Å²) in [5.74, 6) is 0.323. The molecule has 0 amide bonds. The molecule has 0 N–H and O–H groups in total. The Morgan fingerprint density at radius 3 is 2.20 bits per heavy atom. The van der Waals surface area contributed by atoms with Gasteiger partial charge in [-0.1, -0.05) is 27.2 Å². The van der Waals surface area contributed by atoms with Gasteiger partial charge in [0, 0.05) is 12.1 Å². The third kappa shape index (κ3) is 2.36. The summed E-state index contributed by atoms with van der Waals surface area (Å²) in [7, 11) is -2.95. The molecule has 1 saturated carbocycles. The topological polar surface area (TPSA) is 37.1 Å². The first-order chi connectivity index (χ1) is 6.81. The Labute approximate surface area is 92.9 Å². The van der Waals surface area contributed by atoms with E-state index in [-0.39, 0.29) is 5.41 Å². The Kier molecular flexibility index (Phi) is 2.62. The SMILES string of the molecule is CC(C)(C)CCS(=O)(=O)N1[C@@H]2CCC[C@H]21. The summed E-state index contributed by atoms with van der Waals surface area (Å²) >= 11 is 0. The summed E-state index contributed by atoms with van der Waals surface area (Å²) in [4.78, 5) is 0. The molecule has 1 aliphatic heterocycles. The van der Waals surface area contributed by atoms with Crippen LogP contribution in [0.25, 0.3) is 0 Å². The maximum Gasteiger partial charge on any atom is 0.214 e. The molecular formula is C11H21NO2S. The van der Waals surface area contributed by atoms with Gasteiger partial charge in [0.05, 0.1) is 5.75 Å². The van der Waals surface area contributed by atoms with Crippen LogP contribution in [0.3, 0.4) is 0 Å². The van der Waals surface area contributed by atoms with Crippen molar-refractivity contribution < 1.29 is 8.42 Å². The maximum atomic E-state index is 12.0. The smallest absolute Gasteiger partial charge is 0.212 e. The van der Waals surface area contributed by atoms with Crippen molar-refractivity contribution in [2.24, 2.45) is 5.41 Å². The molecule has 0 aromatic heterocycles. The van der Waals surface area contributed by atoms with Gasteiger partial charge in [0.2, 0.25) is 10.0 Å². The lowest BCUT2D eigenvalue weighted by molar-refractivity contribution is 0.393. The second kappa shape index (κ2) is 3.45. The number of nitrogens with zero attached hydrogens (tertiary/aromatic N) is 1. The zero-order valence-electron chi connectivity index (χ0n) is 9.86. The van der Waals surface area contributed by atoms with Gasteiger partial charge in [-0.3, -0.25) is 0 Å². The molecule has 0 radical (unpaired) electrons. The molecule has 4 heteroatoms. The molecule has 2 aliphatic rings. The fourth-order valence-electron chi connectivity index (χ4n) is 2.44. The van der Waals surface area contributed by atoms with E-state index in [4.69, 9.17) is 0 Å². The first kappa shape index (κ1) is 11.4. The lowest BCUT2D eigenvalue weighted by atomic mass is 9.94. The minimum absolute atomic E-state index is 0.109. The van der Waals surface area contributed by atoms with Gasteiger partial charge in [-0.15, -0.1) is 0 Å². The molecule has 1 aliphatic carbocycles. The minimum Gasteiger partial charge on any atom is -0.212 e. The van der Waals surface area contributed by atoms with Crippen molar-refractivity contribution in [2.45, 2.75) is 58.5 Å². The fourth-order valence-corrected chi connectivity index (χ4v) is 4.78. The first-order valence-corrected chi connectivity index (χ1v) is 7.43. The number of hydrogen-bond donors (Lipinski definition) is 0. The monoisotopic (exact) mass is 231 g/mol. The second-order valence-corrected chi connectivity index (χ2v) is 8.02. The highest BCUT2D eigenvalue weighted by Gasteiger charge is 2.56. The summed E-state index contributed by atoms with van der Waals surface area (Å²) in [6, 6.07) is 0.741. The Bertz CT molecular complexity index is 332. The number of sulfonamides is 1. The zero-order valence-corrected chi connectivity index (χ0v) is 10.7. The van der Waals surface area contributed by atoms with Gasteiger partial charge in [0.15, 0.2) is 0 Å². The van der Waals surface area contributed by atoms with Crippen LogP contribution in [0.4, 0.5) is 0 Å². The van der Waals surface area contributed by atoms with E-state index in [9.17, 15) is 8.42 Å². The Morgan fingerprint density at radius 1 is 1.20 bits per heavy atom. The van der Waals surface area contributed by atoms with E-state index < -0.39 is 10.0 Å². The second-order valence-electron chi connectivity index (χ2n) is 6.02. The number of fused-ring (bicyclic) bond motifs is 1. The minimum atomic E-state index is -2.95. The molecule has 0 aromatic carbocycles. The molecule has 2 rings (SSSR count). The molecule has 3 nitrogen and oxygen atoms in total. The molecule has 88 valence electrons. The summed E-state index contributed by atoms with van der Waals surface area (Å²) in [6.45, 7) is 6.27. The fraction of sp³-hybridized carbons (Fsp3) is 1.00. The van der Waals surface area contributed by atoms with Crippen molar-refractivity contribution in [3.63, 3.8) is 0 Å². The van der Waals surface area contributed by atoms with E-state index >= 15 is 0 Å². The lowest BCUT2D eigenvalue weighted by Gasteiger charge is -2.18. The molecule has 0 spiro atoms. The van der Waals surface area contributed by atoms with E-state index in [1.807, 2.05) is 0 Å². The van der Waals surface area contributed by atoms with Crippen LogP contribution >= 0.6 is 0 Å². The van der Waals surface area contributed by atoms with Crippen molar-refractivity contribution in [1.82, 2.24) is 4.31 Å². The van der Waals surface area contributed by atoms with E-state index in [1.165, 1.54) is 6.42 Å². The van der Waals surface area contributed by atoms with Gasteiger partial charge in [-0.25, -0.2) is 8.42 Å². The van der Waals surface area contributed by atoms with Crippen molar-refractivity contribution in [1.29, 1.82) is 0 Å². The molecular weight excluding hydrogens is 210 g/mol. The quantitative estimate of drug-likeness (QED) is 0.697. The van der Waals surface area contributed by atoms with E-state index in [1.54, 1.807) is 4.31 Å². The van der Waals surface area contributed by atoms with E-state index in [0.29, 0.717) is 17.8 Å². The summed E-state index contributed by atoms with van der Waals surface area (Å²) in [6.07, 6.45) is 4.13. The van der Waals surface area contributed by atoms with Gasteiger partial charge in [0.1, 0.15) is 0 Å². The van der Waals surface area contributed by atoms with Crippen LogP contribution in [-0.4, -0.2) is 30.6 Å². The molecule has 0 bridgehead atoms. The third-order valence-electron chi connectivity index (χ3n) is 3.44. The molecule has 2 fully saturated rings. The van der Waals surface area contributed by atoms with Crippen molar-refractivity contribution >= 4 is 10.0 Å². The molecule has 1 saturated heterocycles. The van der Waals surface area contributed by atoms with Crippen molar-refractivity contribution in [2.75, 3.05) is 5.75 Å². The van der Waals surface area contributed by atoms with Crippen LogP contribution in [0.1, 0.15) is 46.5 Å². The normalized spacial score (nSPS) is 35.3. The van der Waals surface area contributed by atoms with Gasteiger partial charge in [-0.05, 0) is 24.7 Å². The molecule has 0 aromatic rings. The van der Waals surface area contributed by atoms with Crippen molar-refractivity contribution in [3.8, 4) is 0 Å². The largest absolute Gasteiger partial charge is 0.214 e. The summed E-state index contributed by atoms with van der Waals surface area (Å²) in [5, 5.41) is 0. The van der Waals surface area contributed by atoms with Crippen LogP contribution in [0.15, 0.2) is 0 Å². The Morgan fingerprint density at radius 2 is 1.73 bits per heavy atom. The highest BCUT2D eigenvalue weighted by Crippen LogP contribution is 2.45. The highest BCUT2D eigenvalue weighted by atomic mass is 32.2. The lowest BCUT2D eigenvalue weighted by Crippen LogP contribution is -2.23. The van der Waals surface area contributed by atoms with Crippen molar-refractivity contribution in [3.05, 3.63) is 0 Å². The number of hydrogen-bond acceptors (Lipinski definition) is 2. The molecule has 0 unspecified atom stereocenters. The molecule has 1 heterocycles. The average Bonchev–Trinajstić information content (AvgIpc) is 2.60. The predicted molar refractivity (Wildman–Crippen MR) is 61.1 cm³/mol. The van der Waals surface area contributed by atoms with E-state index in [2.05, 4.69) is 20.8 Å². The van der Waals surface area contributed by atoms with Gasteiger partial charge in [0.25, 0.3) is 0 Å². The third-order valence-corrected chi connectivity index (χ3v) is 5.34. The highest BCUT2D eigenvalue weighted by molar-refractivity contribution is 7.89. The van der Waals surface area contributed by atoms with Crippen LogP contribution in [-0.2, 0) is 10.0 Å². The first-order valence-electron chi connectivity index (χ1n) is 5.82. The van der Waals surface area contributed by atoms with Crippen LogP contribution in [0.2, 0.25) is 0 Å². The number of rotatable bonds is 3. The standard InChI is InChI=1S/C11H21NO2S/c1-11(2,3)7-8-15(13,14)12-9-5-4-6-10(9)12/h9-10H,4-8H2,1-3H3/t9-,10-/m1/s1. The summed E-state index contributed by atoms with van der Waals surface area (Å²) < 4.78 is 25.7. The zero-order chi connectivity index (χ0) is 11.3. The van der Waals surface area contributed by atoms with Crippen LogP contribution in [0.5, 0.6) is 0 Å². The average molecular weight is 231 g/mol. The van der Waals surface area contributed by atoms with Gasteiger partial charge < -0.3 is 0 Å². The molecule has 15 heavy (non-hydrogen) atoms. The predicted octanol–water partition coefficient (Wildman–Crippen LogP) is 1.99. The maximum absolute atomic E-state index is 12.0.